The summed E-state index contributed by atoms with van der Waals surface area (Å²) in [4.78, 5) is 0. The molecule has 0 radical (unpaired) electrons. The number of hydrogen-bond acceptors (Lipinski definition) is 6. The zero-order valence-electron chi connectivity index (χ0n) is 13.4. The Morgan fingerprint density at radius 2 is 1.92 bits per heavy atom. The maximum atomic E-state index is 10.3. The quantitative estimate of drug-likeness (QED) is 0.650. The van der Waals surface area contributed by atoms with Crippen LogP contribution in [0.5, 0.6) is 0 Å². The summed E-state index contributed by atoms with van der Waals surface area (Å²) in [5.74, 6) is 0. The lowest BCUT2D eigenvalue weighted by molar-refractivity contribution is -0.166. The fraction of sp³-hybridized carbons (Fsp3) is 0.333. The van der Waals surface area contributed by atoms with Crippen molar-refractivity contribution in [2.24, 2.45) is 0 Å². The maximum absolute atomic E-state index is 10.3. The summed E-state index contributed by atoms with van der Waals surface area (Å²) >= 11 is 0. The Morgan fingerprint density at radius 3 is 2.72 bits per heavy atom. The van der Waals surface area contributed by atoms with E-state index in [1.54, 1.807) is 6.20 Å². The number of aliphatic hydroxyl groups excluding tert-OH is 3. The van der Waals surface area contributed by atoms with Crippen LogP contribution in [0.4, 0.5) is 0 Å². The molecular formula is C18H19N3O4. The van der Waals surface area contributed by atoms with Crippen LogP contribution in [0.3, 0.4) is 0 Å². The van der Waals surface area contributed by atoms with Crippen molar-refractivity contribution < 1.29 is 20.1 Å². The van der Waals surface area contributed by atoms with Gasteiger partial charge in [0.25, 0.3) is 0 Å². The Bertz CT molecular complexity index is 881. The van der Waals surface area contributed by atoms with Gasteiger partial charge >= 0.3 is 0 Å². The number of aromatic nitrogens is 3. The van der Waals surface area contributed by atoms with Crippen LogP contribution < -0.4 is 0 Å². The van der Waals surface area contributed by atoms with Crippen LogP contribution in [-0.2, 0) is 4.74 Å². The predicted molar refractivity (Wildman–Crippen MR) is 90.8 cm³/mol. The average molecular weight is 341 g/mol. The van der Waals surface area contributed by atoms with E-state index in [9.17, 15) is 15.3 Å². The van der Waals surface area contributed by atoms with E-state index >= 15 is 0 Å². The van der Waals surface area contributed by atoms with E-state index in [4.69, 9.17) is 4.74 Å². The fourth-order valence-electron chi connectivity index (χ4n) is 3.26. The fourth-order valence-corrected chi connectivity index (χ4v) is 3.26. The van der Waals surface area contributed by atoms with E-state index in [0.717, 1.165) is 16.3 Å². The highest BCUT2D eigenvalue weighted by atomic mass is 16.5. The van der Waals surface area contributed by atoms with E-state index < -0.39 is 24.4 Å². The Labute approximate surface area is 144 Å². The largest absolute Gasteiger partial charge is 0.394 e. The molecule has 3 N–H and O–H groups in total. The number of fused-ring (bicyclic) bond motifs is 1. The molecule has 4 rings (SSSR count). The van der Waals surface area contributed by atoms with E-state index in [2.05, 4.69) is 10.3 Å². The standard InChI is InChI=1S/C18H19N3O4/c22-9-16-18(24)17(15(23)10-25-16)21-8-14(19-20-21)13-6-5-11-3-1-2-4-12(11)7-13/h1-8,15-18,22-24H,9-10H2. The number of ether oxygens (including phenoxy) is 1. The van der Waals surface area contributed by atoms with Crippen LogP contribution >= 0.6 is 0 Å². The third-order valence-corrected chi connectivity index (χ3v) is 4.65. The monoisotopic (exact) mass is 341 g/mol. The topological polar surface area (TPSA) is 101 Å². The first-order valence-electron chi connectivity index (χ1n) is 8.17. The molecule has 1 aliphatic rings. The minimum atomic E-state index is -1.07. The molecule has 1 fully saturated rings. The SMILES string of the molecule is OCC1OCC(O)C(n2cc(-c3ccc4ccccc4c3)nn2)C1O. The number of rotatable bonds is 3. The zero-order valence-corrected chi connectivity index (χ0v) is 13.4. The summed E-state index contributed by atoms with van der Waals surface area (Å²) in [5.41, 5.74) is 1.55. The van der Waals surface area contributed by atoms with Crippen molar-refractivity contribution in [3.63, 3.8) is 0 Å². The lowest BCUT2D eigenvalue weighted by Crippen LogP contribution is -2.51. The van der Waals surface area contributed by atoms with Gasteiger partial charge in [0.2, 0.25) is 0 Å². The van der Waals surface area contributed by atoms with Crippen molar-refractivity contribution in [2.75, 3.05) is 13.2 Å². The first-order chi connectivity index (χ1) is 12.2. The van der Waals surface area contributed by atoms with Gasteiger partial charge in [0.05, 0.1) is 19.4 Å². The first kappa shape index (κ1) is 16.2. The second kappa shape index (κ2) is 6.53. The number of aliphatic hydroxyl groups is 3. The molecule has 1 aliphatic heterocycles. The van der Waals surface area contributed by atoms with Crippen molar-refractivity contribution in [1.82, 2.24) is 15.0 Å². The molecule has 1 saturated heterocycles. The molecule has 7 heteroatoms. The zero-order chi connectivity index (χ0) is 17.4. The molecule has 0 bridgehead atoms. The Kier molecular flexibility index (Phi) is 4.22. The summed E-state index contributed by atoms with van der Waals surface area (Å²) in [6.45, 7) is -0.297. The number of nitrogens with zero attached hydrogens (tertiary/aromatic N) is 3. The summed E-state index contributed by atoms with van der Waals surface area (Å²) in [5, 5.41) is 40.3. The second-order valence-corrected chi connectivity index (χ2v) is 6.25. The molecule has 3 aromatic rings. The molecule has 130 valence electrons. The molecule has 0 aliphatic carbocycles. The van der Waals surface area contributed by atoms with Crippen LogP contribution in [0.1, 0.15) is 6.04 Å². The Hall–Kier alpha value is -2.32. The molecule has 0 spiro atoms. The third kappa shape index (κ3) is 2.91. The first-order valence-corrected chi connectivity index (χ1v) is 8.17. The van der Waals surface area contributed by atoms with E-state index in [0.29, 0.717) is 5.69 Å². The van der Waals surface area contributed by atoms with Crippen molar-refractivity contribution in [3.8, 4) is 11.3 Å². The molecule has 7 nitrogen and oxygen atoms in total. The lowest BCUT2D eigenvalue weighted by Gasteiger charge is -2.36. The smallest absolute Gasteiger partial charge is 0.113 e. The van der Waals surface area contributed by atoms with E-state index in [1.807, 2.05) is 42.5 Å². The number of benzene rings is 2. The third-order valence-electron chi connectivity index (χ3n) is 4.65. The molecule has 0 amide bonds. The second-order valence-electron chi connectivity index (χ2n) is 6.25. The van der Waals surface area contributed by atoms with Crippen LogP contribution in [0.25, 0.3) is 22.0 Å². The maximum Gasteiger partial charge on any atom is 0.113 e. The van der Waals surface area contributed by atoms with Crippen molar-refractivity contribution in [1.29, 1.82) is 0 Å². The van der Waals surface area contributed by atoms with Gasteiger partial charge in [-0.05, 0) is 16.8 Å². The van der Waals surface area contributed by atoms with Gasteiger partial charge in [-0.1, -0.05) is 41.6 Å². The molecule has 2 heterocycles. The van der Waals surface area contributed by atoms with E-state index in [-0.39, 0.29) is 13.2 Å². The molecule has 1 aromatic heterocycles. The van der Waals surface area contributed by atoms with Gasteiger partial charge in [-0.2, -0.15) is 0 Å². The summed E-state index contributed by atoms with van der Waals surface area (Å²) in [6.07, 6.45) is -1.05. The Morgan fingerprint density at radius 1 is 1.12 bits per heavy atom. The highest BCUT2D eigenvalue weighted by molar-refractivity contribution is 5.86. The predicted octanol–water partition coefficient (Wildman–Crippen LogP) is 0.752. The summed E-state index contributed by atoms with van der Waals surface area (Å²) < 4.78 is 6.68. The van der Waals surface area contributed by atoms with Gasteiger partial charge in [0.15, 0.2) is 0 Å². The van der Waals surface area contributed by atoms with Crippen molar-refractivity contribution in [2.45, 2.75) is 24.4 Å². The van der Waals surface area contributed by atoms with Gasteiger partial charge in [-0.25, -0.2) is 4.68 Å². The van der Waals surface area contributed by atoms with Crippen LogP contribution in [0, 0.1) is 0 Å². The van der Waals surface area contributed by atoms with Crippen LogP contribution in [0.2, 0.25) is 0 Å². The van der Waals surface area contributed by atoms with Crippen molar-refractivity contribution >= 4 is 10.8 Å². The van der Waals surface area contributed by atoms with E-state index in [1.165, 1.54) is 4.68 Å². The molecule has 4 atom stereocenters. The van der Waals surface area contributed by atoms with Gasteiger partial charge in [-0.15, -0.1) is 5.10 Å². The molecule has 25 heavy (non-hydrogen) atoms. The lowest BCUT2D eigenvalue weighted by atomic mass is 9.97. The molecule has 2 aromatic carbocycles. The van der Waals surface area contributed by atoms with Crippen LogP contribution in [0.15, 0.2) is 48.7 Å². The highest BCUT2D eigenvalue weighted by Gasteiger charge is 2.40. The van der Waals surface area contributed by atoms with Gasteiger partial charge in [0.1, 0.15) is 30.0 Å². The molecular weight excluding hydrogens is 322 g/mol. The summed E-state index contributed by atoms with van der Waals surface area (Å²) in [7, 11) is 0. The minimum Gasteiger partial charge on any atom is -0.394 e. The van der Waals surface area contributed by atoms with Gasteiger partial charge < -0.3 is 20.1 Å². The van der Waals surface area contributed by atoms with Crippen molar-refractivity contribution in [3.05, 3.63) is 48.7 Å². The minimum absolute atomic E-state index is 0.0259. The highest BCUT2D eigenvalue weighted by Crippen LogP contribution is 2.28. The Balaban J connectivity index is 1.66. The summed E-state index contributed by atoms with van der Waals surface area (Å²) in [6, 6.07) is 13.3. The number of hydrogen-bond donors (Lipinski definition) is 3. The molecule has 4 unspecified atom stereocenters. The molecule has 0 saturated carbocycles. The van der Waals surface area contributed by atoms with Gasteiger partial charge in [0, 0.05) is 5.56 Å². The average Bonchev–Trinajstić information content (AvgIpc) is 3.11. The van der Waals surface area contributed by atoms with Crippen LogP contribution in [-0.4, -0.2) is 61.8 Å². The van der Waals surface area contributed by atoms with Gasteiger partial charge in [-0.3, -0.25) is 0 Å². The normalized spacial score (nSPS) is 26.8.